The van der Waals surface area contributed by atoms with E-state index in [0.29, 0.717) is 23.3 Å². The fraction of sp³-hybridized carbons (Fsp3) is 0.333. The molecule has 0 radical (unpaired) electrons. The Kier molecular flexibility index (Phi) is 4.94. The largest absolute Gasteiger partial charge is 0.493 e. The first-order valence-electron chi connectivity index (χ1n) is 6.71. The van der Waals surface area contributed by atoms with Crippen molar-refractivity contribution in [2.45, 2.75) is 20.5 Å². The van der Waals surface area contributed by atoms with Crippen molar-refractivity contribution in [3.63, 3.8) is 0 Å². The van der Waals surface area contributed by atoms with Gasteiger partial charge in [-0.05, 0) is 31.5 Å². The van der Waals surface area contributed by atoms with Crippen LogP contribution >= 0.6 is 0 Å². The van der Waals surface area contributed by atoms with Gasteiger partial charge in [0, 0.05) is 18.3 Å². The average Bonchev–Trinajstić information content (AvgIpc) is 2.47. The van der Waals surface area contributed by atoms with E-state index in [0.717, 1.165) is 17.8 Å². The molecule has 0 fully saturated rings. The highest BCUT2D eigenvalue weighted by atomic mass is 16.5. The third-order valence-corrected chi connectivity index (χ3v) is 2.79. The topological polar surface area (TPSA) is 76.5 Å². The Bertz CT molecular complexity index is 617. The number of aliphatic hydroxyl groups is 1. The summed E-state index contributed by atoms with van der Waals surface area (Å²) < 4.78 is 11.0. The Labute approximate surface area is 123 Å². The van der Waals surface area contributed by atoms with Crippen molar-refractivity contribution < 1.29 is 14.6 Å². The summed E-state index contributed by atoms with van der Waals surface area (Å²) in [6.45, 7) is 4.54. The van der Waals surface area contributed by atoms with Crippen LogP contribution in [0.3, 0.4) is 0 Å². The van der Waals surface area contributed by atoms with E-state index in [-0.39, 0.29) is 6.61 Å². The van der Waals surface area contributed by atoms with Crippen LogP contribution in [0.25, 0.3) is 0 Å². The van der Waals surface area contributed by atoms with Crippen molar-refractivity contribution in [2.24, 2.45) is 0 Å². The normalized spacial score (nSPS) is 10.3. The molecule has 0 saturated heterocycles. The molecule has 0 aliphatic carbocycles. The van der Waals surface area contributed by atoms with E-state index in [1.807, 2.05) is 13.8 Å². The van der Waals surface area contributed by atoms with Gasteiger partial charge in [-0.1, -0.05) is 6.07 Å². The van der Waals surface area contributed by atoms with Crippen molar-refractivity contribution in [2.75, 3.05) is 19.0 Å². The Morgan fingerprint density at radius 1 is 1.19 bits per heavy atom. The molecule has 21 heavy (non-hydrogen) atoms. The molecule has 0 saturated carbocycles. The van der Waals surface area contributed by atoms with Gasteiger partial charge in [-0.25, -0.2) is 4.98 Å². The zero-order valence-electron chi connectivity index (χ0n) is 12.4. The molecule has 0 aliphatic heterocycles. The van der Waals surface area contributed by atoms with Gasteiger partial charge in [-0.2, -0.15) is 4.98 Å². The number of aromatic nitrogens is 2. The number of nitrogens with one attached hydrogen (secondary N) is 1. The minimum atomic E-state index is -0.0478. The SMILES string of the molecule is CCNc1nc(C)cc(Oc2ccc(CO)cc2OC)n1. The summed E-state index contributed by atoms with van der Waals surface area (Å²) in [4.78, 5) is 8.56. The van der Waals surface area contributed by atoms with Crippen LogP contribution in [0.5, 0.6) is 17.4 Å². The number of ether oxygens (including phenoxy) is 2. The lowest BCUT2D eigenvalue weighted by atomic mass is 10.2. The van der Waals surface area contributed by atoms with Gasteiger partial charge in [0.2, 0.25) is 11.8 Å². The number of anilines is 1. The lowest BCUT2D eigenvalue weighted by Gasteiger charge is -2.12. The van der Waals surface area contributed by atoms with Gasteiger partial charge in [0.05, 0.1) is 13.7 Å². The molecule has 2 N–H and O–H groups in total. The molecule has 1 heterocycles. The quantitative estimate of drug-likeness (QED) is 0.851. The van der Waals surface area contributed by atoms with E-state index in [9.17, 15) is 0 Å². The summed E-state index contributed by atoms with van der Waals surface area (Å²) in [6.07, 6.45) is 0. The summed E-state index contributed by atoms with van der Waals surface area (Å²) in [5.74, 6) is 2.05. The van der Waals surface area contributed by atoms with Crippen molar-refractivity contribution in [1.29, 1.82) is 0 Å². The average molecular weight is 289 g/mol. The van der Waals surface area contributed by atoms with E-state index in [1.54, 1.807) is 31.4 Å². The van der Waals surface area contributed by atoms with E-state index >= 15 is 0 Å². The van der Waals surface area contributed by atoms with Crippen LogP contribution in [0, 0.1) is 6.92 Å². The molecule has 2 aromatic rings. The molecule has 0 spiro atoms. The molecule has 0 unspecified atom stereocenters. The molecular weight excluding hydrogens is 270 g/mol. The maximum Gasteiger partial charge on any atom is 0.226 e. The summed E-state index contributed by atoms with van der Waals surface area (Å²) in [5, 5.41) is 12.2. The summed E-state index contributed by atoms with van der Waals surface area (Å²) in [6, 6.07) is 7.00. The van der Waals surface area contributed by atoms with E-state index in [2.05, 4.69) is 15.3 Å². The van der Waals surface area contributed by atoms with Crippen molar-refractivity contribution in [1.82, 2.24) is 9.97 Å². The number of hydrogen-bond donors (Lipinski definition) is 2. The summed E-state index contributed by atoms with van der Waals surface area (Å²) in [7, 11) is 1.55. The minimum absolute atomic E-state index is 0.0478. The molecule has 0 amide bonds. The molecular formula is C15H19N3O3. The first-order valence-corrected chi connectivity index (χ1v) is 6.71. The highest BCUT2D eigenvalue weighted by molar-refractivity contribution is 5.45. The Hall–Kier alpha value is -2.34. The lowest BCUT2D eigenvalue weighted by molar-refractivity contribution is 0.280. The Morgan fingerprint density at radius 3 is 2.67 bits per heavy atom. The Morgan fingerprint density at radius 2 is 2.00 bits per heavy atom. The third kappa shape index (κ3) is 3.82. The van der Waals surface area contributed by atoms with Gasteiger partial charge in [-0.3, -0.25) is 0 Å². The molecule has 0 atom stereocenters. The molecule has 2 rings (SSSR count). The lowest BCUT2D eigenvalue weighted by Crippen LogP contribution is -2.04. The van der Waals surface area contributed by atoms with Gasteiger partial charge in [-0.15, -0.1) is 0 Å². The van der Waals surface area contributed by atoms with E-state index in [4.69, 9.17) is 14.6 Å². The maximum absolute atomic E-state index is 9.14. The highest BCUT2D eigenvalue weighted by Crippen LogP contribution is 2.32. The maximum atomic E-state index is 9.14. The van der Waals surface area contributed by atoms with Crippen LogP contribution < -0.4 is 14.8 Å². The fourth-order valence-electron chi connectivity index (χ4n) is 1.84. The third-order valence-electron chi connectivity index (χ3n) is 2.79. The smallest absolute Gasteiger partial charge is 0.226 e. The van der Waals surface area contributed by atoms with Gasteiger partial charge in [0.1, 0.15) is 0 Å². The van der Waals surface area contributed by atoms with Crippen LogP contribution in [0.15, 0.2) is 24.3 Å². The molecule has 0 aliphatic rings. The second-order valence-electron chi connectivity index (χ2n) is 4.45. The molecule has 1 aromatic carbocycles. The first kappa shape index (κ1) is 15.1. The molecule has 112 valence electrons. The molecule has 6 heteroatoms. The molecule has 1 aromatic heterocycles. The molecule has 6 nitrogen and oxygen atoms in total. The number of nitrogens with zero attached hydrogens (tertiary/aromatic N) is 2. The highest BCUT2D eigenvalue weighted by Gasteiger charge is 2.09. The van der Waals surface area contributed by atoms with Gasteiger partial charge in [0.25, 0.3) is 0 Å². The zero-order chi connectivity index (χ0) is 15.2. The van der Waals surface area contributed by atoms with E-state index in [1.165, 1.54) is 0 Å². The van der Waals surface area contributed by atoms with Gasteiger partial charge >= 0.3 is 0 Å². The standard InChI is InChI=1S/C15H19N3O3/c1-4-16-15-17-10(2)7-14(18-15)21-12-6-5-11(9-19)8-13(12)20-3/h5-8,19H,4,9H2,1-3H3,(H,16,17,18). The van der Waals surface area contributed by atoms with Crippen molar-refractivity contribution in [3.05, 3.63) is 35.5 Å². The number of methoxy groups -OCH3 is 1. The summed E-state index contributed by atoms with van der Waals surface area (Å²) >= 11 is 0. The minimum Gasteiger partial charge on any atom is -0.493 e. The molecule has 0 bridgehead atoms. The number of benzene rings is 1. The predicted molar refractivity (Wildman–Crippen MR) is 79.9 cm³/mol. The zero-order valence-corrected chi connectivity index (χ0v) is 12.4. The van der Waals surface area contributed by atoms with Crippen LogP contribution in [0.4, 0.5) is 5.95 Å². The number of hydrogen-bond acceptors (Lipinski definition) is 6. The van der Waals surface area contributed by atoms with Crippen LogP contribution in [0.1, 0.15) is 18.2 Å². The van der Waals surface area contributed by atoms with Crippen LogP contribution in [-0.2, 0) is 6.61 Å². The Balaban J connectivity index is 2.29. The van der Waals surface area contributed by atoms with E-state index < -0.39 is 0 Å². The second kappa shape index (κ2) is 6.90. The van der Waals surface area contributed by atoms with Gasteiger partial charge in [0.15, 0.2) is 11.5 Å². The summed E-state index contributed by atoms with van der Waals surface area (Å²) in [5.41, 5.74) is 1.56. The van der Waals surface area contributed by atoms with Crippen molar-refractivity contribution in [3.8, 4) is 17.4 Å². The number of aliphatic hydroxyl groups excluding tert-OH is 1. The predicted octanol–water partition coefficient (Wildman–Crippen LogP) is 2.51. The van der Waals surface area contributed by atoms with Crippen LogP contribution in [0.2, 0.25) is 0 Å². The number of rotatable bonds is 6. The van der Waals surface area contributed by atoms with Gasteiger partial charge < -0.3 is 19.9 Å². The van der Waals surface area contributed by atoms with Crippen molar-refractivity contribution >= 4 is 5.95 Å². The fourth-order valence-corrected chi connectivity index (χ4v) is 1.84. The second-order valence-corrected chi connectivity index (χ2v) is 4.45. The first-order chi connectivity index (χ1) is 10.2. The number of aryl methyl sites for hydroxylation is 1. The monoisotopic (exact) mass is 289 g/mol. The van der Waals surface area contributed by atoms with Crippen LogP contribution in [-0.4, -0.2) is 28.7 Å².